The lowest BCUT2D eigenvalue weighted by Crippen LogP contribution is -2.15. The fraction of sp³-hybridized carbons (Fsp3) is 0.158. The lowest BCUT2D eigenvalue weighted by atomic mass is 10.1. The Labute approximate surface area is 157 Å². The highest BCUT2D eigenvalue weighted by Gasteiger charge is 2.22. The predicted octanol–water partition coefficient (Wildman–Crippen LogP) is 3.58. The summed E-state index contributed by atoms with van der Waals surface area (Å²) >= 11 is 0. The van der Waals surface area contributed by atoms with Crippen LogP contribution in [0.1, 0.15) is 21.7 Å². The quantitative estimate of drug-likeness (QED) is 0.699. The van der Waals surface area contributed by atoms with Gasteiger partial charge in [0.25, 0.3) is 5.91 Å². The summed E-state index contributed by atoms with van der Waals surface area (Å²) in [6.07, 6.45) is 1.07. The molecule has 1 aromatic heterocycles. The molecule has 0 radical (unpaired) electrons. The van der Waals surface area contributed by atoms with Crippen LogP contribution < -0.4 is 10.0 Å². The molecule has 140 valence electrons. The van der Waals surface area contributed by atoms with E-state index in [1.807, 2.05) is 30.3 Å². The maximum absolute atomic E-state index is 12.8. The third-order valence-electron chi connectivity index (χ3n) is 3.93. The van der Waals surface area contributed by atoms with Gasteiger partial charge in [0.1, 0.15) is 17.0 Å². The average Bonchev–Trinajstić information content (AvgIpc) is 2.99. The third-order valence-corrected chi connectivity index (χ3v) is 4.52. The predicted molar refractivity (Wildman–Crippen MR) is 104 cm³/mol. The molecule has 0 aliphatic rings. The van der Waals surface area contributed by atoms with Crippen molar-refractivity contribution in [3.8, 4) is 11.3 Å². The van der Waals surface area contributed by atoms with Crippen LogP contribution in [-0.2, 0) is 10.0 Å². The molecule has 0 aliphatic heterocycles. The normalized spacial score (nSPS) is 11.2. The number of amides is 1. The van der Waals surface area contributed by atoms with E-state index >= 15 is 0 Å². The zero-order chi connectivity index (χ0) is 19.6. The highest BCUT2D eigenvalue weighted by Crippen LogP contribution is 2.27. The molecular weight excluding hydrogens is 366 g/mol. The Morgan fingerprint density at radius 1 is 1.07 bits per heavy atom. The molecule has 0 atom stereocenters. The number of aromatic nitrogens is 1. The number of sulfonamides is 1. The third kappa shape index (κ3) is 4.35. The average molecular weight is 385 g/mol. The van der Waals surface area contributed by atoms with Gasteiger partial charge < -0.3 is 9.84 Å². The summed E-state index contributed by atoms with van der Waals surface area (Å²) in [6.45, 7) is 3.44. The first-order valence-corrected chi connectivity index (χ1v) is 10.1. The lowest BCUT2D eigenvalue weighted by Gasteiger charge is -2.11. The van der Waals surface area contributed by atoms with Crippen molar-refractivity contribution < 1.29 is 17.7 Å². The minimum absolute atomic E-state index is 0.333. The Hall–Kier alpha value is -3.13. The van der Waals surface area contributed by atoms with Crippen LogP contribution in [0.4, 0.5) is 11.4 Å². The minimum atomic E-state index is -3.43. The number of nitrogens with zero attached hydrogens (tertiary/aromatic N) is 1. The molecule has 8 heteroatoms. The van der Waals surface area contributed by atoms with Gasteiger partial charge in [-0.15, -0.1) is 0 Å². The summed E-state index contributed by atoms with van der Waals surface area (Å²) in [5.74, 6) is 0.00899. The molecular formula is C19H19N3O4S. The first kappa shape index (κ1) is 18.7. The number of anilines is 2. The van der Waals surface area contributed by atoms with E-state index in [1.54, 1.807) is 32.0 Å². The number of hydrogen-bond donors (Lipinski definition) is 2. The molecule has 0 unspecified atom stereocenters. The fourth-order valence-electron chi connectivity index (χ4n) is 2.64. The Morgan fingerprint density at radius 2 is 1.78 bits per heavy atom. The number of aryl methyl sites for hydroxylation is 2. The molecule has 0 saturated carbocycles. The minimum Gasteiger partial charge on any atom is -0.360 e. The van der Waals surface area contributed by atoms with Crippen LogP contribution >= 0.6 is 0 Å². The van der Waals surface area contributed by atoms with Gasteiger partial charge in [-0.2, -0.15) is 0 Å². The molecule has 27 heavy (non-hydrogen) atoms. The van der Waals surface area contributed by atoms with E-state index < -0.39 is 10.0 Å². The smallest absolute Gasteiger partial charge is 0.261 e. The molecule has 0 aliphatic carbocycles. The van der Waals surface area contributed by atoms with Gasteiger partial charge in [-0.1, -0.05) is 41.6 Å². The summed E-state index contributed by atoms with van der Waals surface area (Å²) < 4.78 is 30.7. The van der Waals surface area contributed by atoms with E-state index in [2.05, 4.69) is 15.2 Å². The van der Waals surface area contributed by atoms with E-state index in [1.165, 1.54) is 0 Å². The van der Waals surface area contributed by atoms with Gasteiger partial charge >= 0.3 is 0 Å². The van der Waals surface area contributed by atoms with Crippen molar-refractivity contribution in [3.05, 3.63) is 65.4 Å². The van der Waals surface area contributed by atoms with Crippen LogP contribution in [0.15, 0.2) is 53.1 Å². The van der Waals surface area contributed by atoms with Crippen LogP contribution in [0.2, 0.25) is 0 Å². The van der Waals surface area contributed by atoms with Gasteiger partial charge in [-0.25, -0.2) is 8.42 Å². The second-order valence-electron chi connectivity index (χ2n) is 6.19. The molecule has 2 N–H and O–H groups in total. The number of rotatable bonds is 5. The molecule has 1 amide bonds. The highest BCUT2D eigenvalue weighted by molar-refractivity contribution is 7.92. The van der Waals surface area contributed by atoms with Crippen molar-refractivity contribution in [3.63, 3.8) is 0 Å². The second kappa shape index (κ2) is 7.24. The second-order valence-corrected chi connectivity index (χ2v) is 7.93. The fourth-order valence-corrected chi connectivity index (χ4v) is 3.26. The van der Waals surface area contributed by atoms with Crippen molar-refractivity contribution in [1.29, 1.82) is 0 Å². The van der Waals surface area contributed by atoms with E-state index in [4.69, 9.17) is 4.52 Å². The Balaban J connectivity index is 1.91. The van der Waals surface area contributed by atoms with Crippen molar-refractivity contribution in [2.75, 3.05) is 16.3 Å². The standard InChI is InChI=1S/C19H19N3O4S/c1-12-9-10-15(11-16(12)22-27(3,24)25)20-19(23)17-13(2)26-21-18(17)14-7-5-4-6-8-14/h4-11,22H,1-3H3,(H,20,23). The van der Waals surface area contributed by atoms with Crippen LogP contribution in [0.25, 0.3) is 11.3 Å². The van der Waals surface area contributed by atoms with E-state index in [0.717, 1.165) is 17.4 Å². The molecule has 7 nitrogen and oxygen atoms in total. The SMILES string of the molecule is Cc1ccc(NC(=O)c2c(-c3ccccc3)noc2C)cc1NS(C)(=O)=O. The van der Waals surface area contributed by atoms with Crippen LogP contribution in [0, 0.1) is 13.8 Å². The Bertz CT molecular complexity index is 1090. The largest absolute Gasteiger partial charge is 0.360 e. The summed E-state index contributed by atoms with van der Waals surface area (Å²) in [7, 11) is -3.43. The van der Waals surface area contributed by atoms with Crippen molar-refractivity contribution >= 4 is 27.3 Å². The molecule has 3 aromatic rings. The number of carbonyl (C=O) groups is 1. The zero-order valence-electron chi connectivity index (χ0n) is 15.1. The number of nitrogens with one attached hydrogen (secondary N) is 2. The van der Waals surface area contributed by atoms with Gasteiger partial charge in [0, 0.05) is 11.3 Å². The van der Waals surface area contributed by atoms with Gasteiger partial charge in [-0.05, 0) is 31.5 Å². The number of benzene rings is 2. The van der Waals surface area contributed by atoms with Gasteiger partial charge in [0.2, 0.25) is 10.0 Å². The van der Waals surface area contributed by atoms with Crippen molar-refractivity contribution in [1.82, 2.24) is 5.16 Å². The molecule has 0 bridgehead atoms. The molecule has 0 spiro atoms. The molecule has 2 aromatic carbocycles. The first-order valence-electron chi connectivity index (χ1n) is 8.16. The molecule has 3 rings (SSSR count). The van der Waals surface area contributed by atoms with E-state index in [0.29, 0.717) is 28.4 Å². The van der Waals surface area contributed by atoms with Crippen LogP contribution in [-0.4, -0.2) is 25.7 Å². The van der Waals surface area contributed by atoms with Gasteiger partial charge in [0.15, 0.2) is 0 Å². The summed E-state index contributed by atoms with van der Waals surface area (Å²) in [4.78, 5) is 12.8. The Morgan fingerprint density at radius 3 is 2.44 bits per heavy atom. The van der Waals surface area contributed by atoms with Crippen LogP contribution in [0.5, 0.6) is 0 Å². The number of carbonyl (C=O) groups excluding carboxylic acids is 1. The van der Waals surface area contributed by atoms with E-state index in [-0.39, 0.29) is 5.91 Å². The summed E-state index contributed by atoms with van der Waals surface area (Å²) in [5.41, 5.74) is 3.15. The lowest BCUT2D eigenvalue weighted by molar-refractivity contribution is 0.102. The highest BCUT2D eigenvalue weighted by atomic mass is 32.2. The summed E-state index contributed by atoms with van der Waals surface area (Å²) in [5, 5.41) is 6.78. The van der Waals surface area contributed by atoms with Gasteiger partial charge in [-0.3, -0.25) is 9.52 Å². The molecule has 0 fully saturated rings. The maximum atomic E-state index is 12.8. The van der Waals surface area contributed by atoms with Crippen molar-refractivity contribution in [2.45, 2.75) is 13.8 Å². The maximum Gasteiger partial charge on any atom is 0.261 e. The monoisotopic (exact) mass is 385 g/mol. The van der Waals surface area contributed by atoms with E-state index in [9.17, 15) is 13.2 Å². The first-order chi connectivity index (χ1) is 12.7. The van der Waals surface area contributed by atoms with Gasteiger partial charge in [0.05, 0.1) is 11.9 Å². The van der Waals surface area contributed by atoms with Crippen molar-refractivity contribution in [2.24, 2.45) is 0 Å². The molecule has 1 heterocycles. The van der Waals surface area contributed by atoms with Crippen LogP contribution in [0.3, 0.4) is 0 Å². The zero-order valence-corrected chi connectivity index (χ0v) is 15.9. The Kier molecular flexibility index (Phi) is 5.00. The molecule has 0 saturated heterocycles. The number of hydrogen-bond acceptors (Lipinski definition) is 5. The topological polar surface area (TPSA) is 101 Å². The summed E-state index contributed by atoms with van der Waals surface area (Å²) in [6, 6.07) is 14.3.